The molecule has 25 heavy (non-hydrogen) atoms. The Morgan fingerprint density at radius 2 is 2.04 bits per heavy atom. The van der Waals surface area contributed by atoms with Crippen LogP contribution in [-0.2, 0) is 10.0 Å². The van der Waals surface area contributed by atoms with Gasteiger partial charge in [-0.15, -0.1) is 12.4 Å². The quantitative estimate of drug-likeness (QED) is 0.803. The Morgan fingerprint density at radius 1 is 1.40 bits per heavy atom. The summed E-state index contributed by atoms with van der Waals surface area (Å²) in [6, 6.07) is 4.47. The minimum absolute atomic E-state index is 0. The Morgan fingerprint density at radius 3 is 2.56 bits per heavy atom. The number of methoxy groups -OCH3 is 1. The van der Waals surface area contributed by atoms with Gasteiger partial charge in [-0.25, -0.2) is 13.1 Å². The van der Waals surface area contributed by atoms with E-state index in [1.807, 2.05) is 13.8 Å². The van der Waals surface area contributed by atoms with Crippen molar-refractivity contribution in [1.82, 2.24) is 9.62 Å². The number of carbonyl (C=O) groups is 1. The zero-order valence-corrected chi connectivity index (χ0v) is 16.5. The normalized spacial score (nSPS) is 19.9. The summed E-state index contributed by atoms with van der Waals surface area (Å²) in [5, 5.41) is 0. The number of hydrogen-bond acceptors (Lipinski definition) is 5. The molecule has 0 aliphatic carbocycles. The molecule has 142 valence electrons. The third kappa shape index (κ3) is 4.44. The SMILES string of the molecule is CNS(=O)(=O)c1cc(C(=O)N2CCC(N)C(C)(C)C2)ccc1OC.Cl. The smallest absolute Gasteiger partial charge is 0.253 e. The van der Waals surface area contributed by atoms with Gasteiger partial charge in [0.15, 0.2) is 0 Å². The zero-order valence-electron chi connectivity index (χ0n) is 14.9. The molecule has 0 saturated carbocycles. The van der Waals surface area contributed by atoms with E-state index in [1.165, 1.54) is 26.3 Å². The minimum Gasteiger partial charge on any atom is -0.495 e. The number of ether oxygens (including phenoxy) is 1. The summed E-state index contributed by atoms with van der Waals surface area (Å²) in [6.45, 7) is 5.15. The standard InChI is InChI=1S/C16H25N3O4S.ClH/c1-16(2)10-19(8-7-14(16)17)15(20)11-5-6-12(23-4)13(9-11)24(21,22)18-3;/h5-6,9,14,18H,7-8,10,17H2,1-4H3;1H. The van der Waals surface area contributed by atoms with E-state index in [9.17, 15) is 13.2 Å². The maximum absolute atomic E-state index is 12.8. The number of amides is 1. The Balaban J connectivity index is 0.00000312. The van der Waals surface area contributed by atoms with Crippen LogP contribution in [0.2, 0.25) is 0 Å². The summed E-state index contributed by atoms with van der Waals surface area (Å²) < 4.78 is 31.6. The number of halogens is 1. The first kappa shape index (κ1) is 21.7. The van der Waals surface area contributed by atoms with Gasteiger partial charge < -0.3 is 15.4 Å². The molecule has 3 N–H and O–H groups in total. The number of nitrogens with zero attached hydrogens (tertiary/aromatic N) is 1. The molecule has 1 aromatic carbocycles. The lowest BCUT2D eigenvalue weighted by atomic mass is 9.79. The first-order valence-electron chi connectivity index (χ1n) is 7.79. The summed E-state index contributed by atoms with van der Waals surface area (Å²) >= 11 is 0. The molecule has 1 atom stereocenters. The first-order valence-corrected chi connectivity index (χ1v) is 9.27. The van der Waals surface area contributed by atoms with E-state index in [-0.39, 0.29) is 40.4 Å². The summed E-state index contributed by atoms with van der Waals surface area (Å²) in [7, 11) is -1.02. The third-order valence-electron chi connectivity index (χ3n) is 4.57. The van der Waals surface area contributed by atoms with Gasteiger partial charge in [-0.1, -0.05) is 13.8 Å². The van der Waals surface area contributed by atoms with Gasteiger partial charge >= 0.3 is 0 Å². The Hall–Kier alpha value is -1.35. The van der Waals surface area contributed by atoms with Gasteiger partial charge in [0.25, 0.3) is 5.91 Å². The molecule has 1 saturated heterocycles. The fraction of sp³-hybridized carbons (Fsp3) is 0.562. The van der Waals surface area contributed by atoms with Crippen LogP contribution in [0.4, 0.5) is 0 Å². The fourth-order valence-electron chi connectivity index (χ4n) is 2.86. The van der Waals surface area contributed by atoms with Gasteiger partial charge in [0, 0.05) is 24.7 Å². The van der Waals surface area contributed by atoms with Crippen molar-refractivity contribution in [2.75, 3.05) is 27.2 Å². The van der Waals surface area contributed by atoms with Crippen LogP contribution in [-0.4, -0.2) is 52.5 Å². The monoisotopic (exact) mass is 391 g/mol. The van der Waals surface area contributed by atoms with E-state index in [4.69, 9.17) is 10.5 Å². The molecule has 0 spiro atoms. The third-order valence-corrected chi connectivity index (χ3v) is 6.00. The Bertz CT molecular complexity index is 737. The number of rotatable bonds is 4. The summed E-state index contributed by atoms with van der Waals surface area (Å²) in [6.07, 6.45) is 0.719. The van der Waals surface area contributed by atoms with Gasteiger partial charge in [0.05, 0.1) is 7.11 Å². The summed E-state index contributed by atoms with van der Waals surface area (Å²) in [5.74, 6) is -0.00734. The van der Waals surface area contributed by atoms with E-state index in [1.54, 1.807) is 11.0 Å². The zero-order chi connectivity index (χ0) is 18.1. The molecular formula is C16H26ClN3O4S. The number of likely N-dealkylation sites (tertiary alicyclic amines) is 1. The molecule has 1 amide bonds. The molecule has 1 fully saturated rings. The molecule has 0 bridgehead atoms. The number of nitrogens with two attached hydrogens (primary N) is 1. The van der Waals surface area contributed by atoms with Crippen LogP contribution in [0.1, 0.15) is 30.6 Å². The van der Waals surface area contributed by atoms with Crippen LogP contribution < -0.4 is 15.2 Å². The molecule has 1 unspecified atom stereocenters. The van der Waals surface area contributed by atoms with Crippen LogP contribution in [0, 0.1) is 5.41 Å². The van der Waals surface area contributed by atoms with E-state index < -0.39 is 10.0 Å². The lowest BCUT2D eigenvalue weighted by Gasteiger charge is -2.42. The molecule has 7 nitrogen and oxygen atoms in total. The van der Waals surface area contributed by atoms with Crippen molar-refractivity contribution in [3.05, 3.63) is 23.8 Å². The largest absolute Gasteiger partial charge is 0.495 e. The number of nitrogens with one attached hydrogen (secondary N) is 1. The highest BCUT2D eigenvalue weighted by Crippen LogP contribution is 2.30. The lowest BCUT2D eigenvalue weighted by molar-refractivity contribution is 0.0532. The van der Waals surface area contributed by atoms with Crippen molar-refractivity contribution >= 4 is 28.3 Å². The Kier molecular flexibility index (Phi) is 6.86. The highest BCUT2D eigenvalue weighted by atomic mass is 35.5. The van der Waals surface area contributed by atoms with Crippen LogP contribution >= 0.6 is 12.4 Å². The van der Waals surface area contributed by atoms with Crippen molar-refractivity contribution in [3.63, 3.8) is 0 Å². The average Bonchev–Trinajstić information content (AvgIpc) is 2.56. The molecule has 2 rings (SSSR count). The fourth-order valence-corrected chi connectivity index (χ4v) is 3.78. The number of hydrogen-bond donors (Lipinski definition) is 2. The second kappa shape index (κ2) is 7.90. The highest BCUT2D eigenvalue weighted by Gasteiger charge is 2.36. The maximum atomic E-state index is 12.8. The molecule has 1 heterocycles. The van der Waals surface area contributed by atoms with Crippen LogP contribution in [0.15, 0.2) is 23.1 Å². The van der Waals surface area contributed by atoms with Crippen LogP contribution in [0.25, 0.3) is 0 Å². The number of piperidine rings is 1. The maximum Gasteiger partial charge on any atom is 0.253 e. The van der Waals surface area contributed by atoms with E-state index in [0.29, 0.717) is 18.7 Å². The number of carbonyl (C=O) groups excluding carboxylic acids is 1. The van der Waals surface area contributed by atoms with Crippen molar-refractivity contribution in [2.24, 2.45) is 11.1 Å². The predicted molar refractivity (Wildman–Crippen MR) is 98.8 cm³/mol. The Labute approximate surface area is 155 Å². The van der Waals surface area contributed by atoms with Crippen molar-refractivity contribution in [1.29, 1.82) is 0 Å². The van der Waals surface area contributed by atoms with E-state index in [2.05, 4.69) is 4.72 Å². The topological polar surface area (TPSA) is 102 Å². The molecular weight excluding hydrogens is 366 g/mol. The highest BCUT2D eigenvalue weighted by molar-refractivity contribution is 7.89. The molecule has 1 aliphatic heterocycles. The summed E-state index contributed by atoms with van der Waals surface area (Å²) in [5.41, 5.74) is 6.24. The molecule has 0 aromatic heterocycles. The number of sulfonamides is 1. The molecule has 1 aromatic rings. The van der Waals surface area contributed by atoms with E-state index >= 15 is 0 Å². The first-order chi connectivity index (χ1) is 11.1. The van der Waals surface area contributed by atoms with Crippen molar-refractivity contribution < 1.29 is 17.9 Å². The number of benzene rings is 1. The van der Waals surface area contributed by atoms with Crippen molar-refractivity contribution in [2.45, 2.75) is 31.2 Å². The minimum atomic E-state index is -3.73. The molecule has 0 radical (unpaired) electrons. The molecule has 1 aliphatic rings. The lowest BCUT2D eigenvalue weighted by Crippen LogP contribution is -2.54. The van der Waals surface area contributed by atoms with Gasteiger partial charge in [0.2, 0.25) is 10.0 Å². The van der Waals surface area contributed by atoms with Gasteiger partial charge in [-0.3, -0.25) is 4.79 Å². The van der Waals surface area contributed by atoms with Crippen molar-refractivity contribution in [3.8, 4) is 5.75 Å². The average molecular weight is 392 g/mol. The van der Waals surface area contributed by atoms with E-state index in [0.717, 1.165) is 6.42 Å². The summed E-state index contributed by atoms with van der Waals surface area (Å²) in [4.78, 5) is 14.5. The molecule has 9 heteroatoms. The van der Waals surface area contributed by atoms with Gasteiger partial charge in [0.1, 0.15) is 10.6 Å². The van der Waals surface area contributed by atoms with Gasteiger partial charge in [-0.2, -0.15) is 0 Å². The second-order valence-electron chi connectivity index (χ2n) is 6.68. The van der Waals surface area contributed by atoms with Crippen LogP contribution in [0.3, 0.4) is 0 Å². The van der Waals surface area contributed by atoms with Gasteiger partial charge in [-0.05, 0) is 37.1 Å². The second-order valence-corrected chi connectivity index (χ2v) is 8.54. The van der Waals surface area contributed by atoms with Crippen LogP contribution in [0.5, 0.6) is 5.75 Å². The predicted octanol–water partition coefficient (Wildman–Crippen LogP) is 1.22.